The number of halogens is 2. The molecule has 1 heterocycles. The number of rotatable bonds is 5. The Hall–Kier alpha value is -0.230. The molecule has 1 N–H and O–H groups in total. The molecule has 1 atom stereocenters. The zero-order valence-corrected chi connectivity index (χ0v) is 17.2. The van der Waals surface area contributed by atoms with Gasteiger partial charge in [-0.05, 0) is 70.5 Å². The van der Waals surface area contributed by atoms with Gasteiger partial charge in [0.25, 0.3) is 0 Å². The third kappa shape index (κ3) is 5.96. The van der Waals surface area contributed by atoms with Gasteiger partial charge in [-0.25, -0.2) is 0 Å². The second-order valence-electron chi connectivity index (χ2n) is 6.38. The van der Waals surface area contributed by atoms with Crippen molar-refractivity contribution < 1.29 is 4.79 Å². The molecule has 1 amide bonds. The second-order valence-corrected chi connectivity index (χ2v) is 9.00. The lowest BCUT2D eigenvalue weighted by Crippen LogP contribution is -2.49. The molecule has 0 bridgehead atoms. The fraction of sp³-hybridized carbons (Fsp3) is 0.588. The number of benzene rings is 1. The van der Waals surface area contributed by atoms with Crippen molar-refractivity contribution in [1.82, 2.24) is 10.2 Å². The maximum Gasteiger partial charge on any atom is 0.238 e. The molecule has 1 saturated heterocycles. The molecule has 1 aliphatic heterocycles. The van der Waals surface area contributed by atoms with Crippen LogP contribution in [0.3, 0.4) is 0 Å². The Morgan fingerprint density at radius 3 is 2.65 bits per heavy atom. The first-order valence-corrected chi connectivity index (χ1v) is 9.42. The van der Waals surface area contributed by atoms with Crippen LogP contribution in [-0.4, -0.2) is 42.2 Å². The molecule has 1 aromatic rings. The van der Waals surface area contributed by atoms with Gasteiger partial charge in [-0.2, -0.15) is 0 Å². The highest BCUT2D eigenvalue weighted by atomic mass is 79.9. The van der Waals surface area contributed by atoms with Gasteiger partial charge in [-0.1, -0.05) is 15.9 Å². The molecule has 1 aliphatic rings. The van der Waals surface area contributed by atoms with E-state index < -0.39 is 4.75 Å². The van der Waals surface area contributed by atoms with Crippen LogP contribution in [-0.2, 0) is 4.79 Å². The van der Waals surface area contributed by atoms with Crippen molar-refractivity contribution in [2.75, 3.05) is 26.7 Å². The summed E-state index contributed by atoms with van der Waals surface area (Å²) in [7, 11) is 1.98. The highest BCUT2D eigenvalue weighted by molar-refractivity contribution is 9.10. The number of hydrogen-bond donors (Lipinski definition) is 1. The molecule has 130 valence electrons. The monoisotopic (exact) mass is 420 g/mol. The number of nitrogens with zero attached hydrogens (tertiary/aromatic N) is 1. The molecular weight excluding hydrogens is 396 g/mol. The van der Waals surface area contributed by atoms with Crippen molar-refractivity contribution in [2.24, 2.45) is 5.92 Å². The number of piperidine rings is 1. The first kappa shape index (κ1) is 20.8. The Morgan fingerprint density at radius 1 is 1.39 bits per heavy atom. The third-order valence-electron chi connectivity index (χ3n) is 4.00. The molecule has 0 saturated carbocycles. The Morgan fingerprint density at radius 2 is 2.04 bits per heavy atom. The Kier molecular flexibility index (Phi) is 8.42. The van der Waals surface area contributed by atoms with Crippen molar-refractivity contribution in [1.29, 1.82) is 0 Å². The maximum atomic E-state index is 12.9. The molecule has 0 aromatic heterocycles. The Bertz CT molecular complexity index is 508. The number of likely N-dealkylation sites (tertiary alicyclic amines) is 1. The molecule has 3 nitrogen and oxygen atoms in total. The average Bonchev–Trinajstić information content (AvgIpc) is 2.49. The van der Waals surface area contributed by atoms with Crippen LogP contribution < -0.4 is 5.32 Å². The highest BCUT2D eigenvalue weighted by Crippen LogP contribution is 2.35. The number of carbonyl (C=O) groups excluding carboxylic acids is 1. The average molecular weight is 422 g/mol. The summed E-state index contributed by atoms with van der Waals surface area (Å²) in [6.45, 7) is 6.82. The van der Waals surface area contributed by atoms with Crippen LogP contribution in [0.15, 0.2) is 33.6 Å². The van der Waals surface area contributed by atoms with Gasteiger partial charge in [0.15, 0.2) is 0 Å². The summed E-state index contributed by atoms with van der Waals surface area (Å²) in [5, 5.41) is 3.23. The quantitative estimate of drug-likeness (QED) is 0.723. The minimum Gasteiger partial charge on any atom is -0.341 e. The smallest absolute Gasteiger partial charge is 0.238 e. The number of amides is 1. The largest absolute Gasteiger partial charge is 0.341 e. The van der Waals surface area contributed by atoms with Crippen molar-refractivity contribution in [2.45, 2.75) is 36.3 Å². The molecule has 1 unspecified atom stereocenters. The van der Waals surface area contributed by atoms with Crippen molar-refractivity contribution >= 4 is 46.0 Å². The SMILES string of the molecule is CNCC1CCCN(C(=O)C(C)(C)Sc2ccc(Br)cc2)C1.Cl. The van der Waals surface area contributed by atoms with Crippen LogP contribution in [0.1, 0.15) is 26.7 Å². The molecule has 0 aliphatic carbocycles. The van der Waals surface area contributed by atoms with E-state index in [9.17, 15) is 4.79 Å². The molecule has 1 fully saturated rings. The van der Waals surface area contributed by atoms with Gasteiger partial charge < -0.3 is 10.2 Å². The summed E-state index contributed by atoms with van der Waals surface area (Å²) in [5.41, 5.74) is 0. The van der Waals surface area contributed by atoms with Crippen LogP contribution in [0, 0.1) is 5.92 Å². The number of hydrogen-bond acceptors (Lipinski definition) is 3. The van der Waals surface area contributed by atoms with Gasteiger partial charge in [0.2, 0.25) is 5.91 Å². The lowest BCUT2D eigenvalue weighted by Gasteiger charge is -2.37. The first-order valence-electron chi connectivity index (χ1n) is 7.81. The standard InChI is InChI=1S/C17H25BrN2OS.ClH/c1-17(2,22-15-8-6-14(18)7-9-15)16(21)20-10-4-5-13(12-20)11-19-3;/h6-9,13,19H,4-5,10-12H2,1-3H3;1H. The predicted molar refractivity (Wildman–Crippen MR) is 105 cm³/mol. The number of nitrogens with one attached hydrogen (secondary N) is 1. The summed E-state index contributed by atoms with van der Waals surface area (Å²) >= 11 is 5.09. The van der Waals surface area contributed by atoms with E-state index in [1.165, 1.54) is 6.42 Å². The van der Waals surface area contributed by atoms with E-state index in [1.807, 2.05) is 33.0 Å². The van der Waals surface area contributed by atoms with E-state index >= 15 is 0 Å². The highest BCUT2D eigenvalue weighted by Gasteiger charge is 2.35. The summed E-state index contributed by atoms with van der Waals surface area (Å²) in [5.74, 6) is 0.831. The van der Waals surface area contributed by atoms with Crippen LogP contribution in [0.25, 0.3) is 0 Å². The molecule has 2 rings (SSSR count). The van der Waals surface area contributed by atoms with Gasteiger partial charge in [-0.15, -0.1) is 24.2 Å². The molecule has 1 aromatic carbocycles. The van der Waals surface area contributed by atoms with E-state index in [-0.39, 0.29) is 18.3 Å². The lowest BCUT2D eigenvalue weighted by atomic mass is 9.97. The van der Waals surface area contributed by atoms with Gasteiger partial charge >= 0.3 is 0 Å². The van der Waals surface area contributed by atoms with Crippen LogP contribution in [0.2, 0.25) is 0 Å². The van der Waals surface area contributed by atoms with E-state index in [4.69, 9.17) is 0 Å². The van der Waals surface area contributed by atoms with E-state index in [0.717, 1.165) is 35.4 Å². The van der Waals surface area contributed by atoms with Crippen LogP contribution in [0.4, 0.5) is 0 Å². The first-order chi connectivity index (χ1) is 10.4. The molecule has 6 heteroatoms. The minimum absolute atomic E-state index is 0. The number of carbonyl (C=O) groups is 1. The molecule has 0 radical (unpaired) electrons. The summed E-state index contributed by atoms with van der Waals surface area (Å²) in [6.07, 6.45) is 2.32. The van der Waals surface area contributed by atoms with Gasteiger partial charge in [-0.3, -0.25) is 4.79 Å². The fourth-order valence-corrected chi connectivity index (χ4v) is 4.27. The van der Waals surface area contributed by atoms with Crippen molar-refractivity contribution in [3.63, 3.8) is 0 Å². The van der Waals surface area contributed by atoms with Gasteiger partial charge in [0.05, 0.1) is 4.75 Å². The maximum absolute atomic E-state index is 12.9. The normalized spacial score (nSPS) is 18.4. The fourth-order valence-electron chi connectivity index (χ4n) is 2.93. The van der Waals surface area contributed by atoms with E-state index in [2.05, 4.69) is 38.3 Å². The van der Waals surface area contributed by atoms with Crippen molar-refractivity contribution in [3.8, 4) is 0 Å². The molecule has 0 spiro atoms. The third-order valence-corrected chi connectivity index (χ3v) is 5.72. The lowest BCUT2D eigenvalue weighted by molar-refractivity contribution is -0.134. The zero-order valence-electron chi connectivity index (χ0n) is 14.0. The van der Waals surface area contributed by atoms with Gasteiger partial charge in [0.1, 0.15) is 0 Å². The second kappa shape index (κ2) is 9.30. The Balaban J connectivity index is 0.00000264. The van der Waals surface area contributed by atoms with E-state index in [0.29, 0.717) is 5.92 Å². The molecular formula is C17H26BrClN2OS. The predicted octanol–water partition coefficient (Wildman–Crippen LogP) is 4.20. The topological polar surface area (TPSA) is 32.3 Å². The van der Waals surface area contributed by atoms with Crippen LogP contribution in [0.5, 0.6) is 0 Å². The minimum atomic E-state index is -0.435. The van der Waals surface area contributed by atoms with Crippen molar-refractivity contribution in [3.05, 3.63) is 28.7 Å². The zero-order chi connectivity index (χ0) is 16.2. The van der Waals surface area contributed by atoms with Crippen LogP contribution >= 0.6 is 40.1 Å². The summed E-state index contributed by atoms with van der Waals surface area (Å²) < 4.78 is 0.627. The van der Waals surface area contributed by atoms with E-state index in [1.54, 1.807) is 11.8 Å². The van der Waals surface area contributed by atoms with Gasteiger partial charge in [0, 0.05) is 22.5 Å². The summed E-state index contributed by atoms with van der Waals surface area (Å²) in [4.78, 5) is 16.1. The Labute approximate surface area is 158 Å². The number of thioether (sulfide) groups is 1. The summed E-state index contributed by atoms with van der Waals surface area (Å²) in [6, 6.07) is 8.16. The molecule has 23 heavy (non-hydrogen) atoms.